The van der Waals surface area contributed by atoms with Crippen molar-refractivity contribution in [3.63, 3.8) is 0 Å². The first-order chi connectivity index (χ1) is 9.36. The zero-order chi connectivity index (χ0) is 14.8. The van der Waals surface area contributed by atoms with Gasteiger partial charge in [-0.15, -0.1) is 10.2 Å². The summed E-state index contributed by atoms with van der Waals surface area (Å²) in [6.07, 6.45) is -4.41. The molecule has 0 atom stereocenters. The minimum atomic E-state index is -4.41. The van der Waals surface area contributed by atoms with E-state index in [9.17, 15) is 18.0 Å². The highest BCUT2D eigenvalue weighted by atomic mass is 35.5. The fourth-order valence-corrected chi connectivity index (χ4v) is 2.16. The van der Waals surface area contributed by atoms with Gasteiger partial charge in [0.15, 0.2) is 0 Å². The highest BCUT2D eigenvalue weighted by molar-refractivity contribution is 7.17. The molecule has 1 aromatic carbocycles. The Hall–Kier alpha value is -1.67. The van der Waals surface area contributed by atoms with E-state index in [2.05, 4.69) is 15.5 Å². The molecule has 1 heterocycles. The van der Waals surface area contributed by atoms with Crippen molar-refractivity contribution in [1.29, 1.82) is 0 Å². The molecule has 0 spiro atoms. The third-order valence-corrected chi connectivity index (χ3v) is 3.32. The summed E-state index contributed by atoms with van der Waals surface area (Å²) in [7, 11) is 0. The van der Waals surface area contributed by atoms with E-state index in [0.717, 1.165) is 23.5 Å². The Morgan fingerprint density at radius 2 is 2.10 bits per heavy atom. The third kappa shape index (κ3) is 3.67. The quantitative estimate of drug-likeness (QED) is 0.945. The van der Waals surface area contributed by atoms with Crippen LogP contribution in [-0.2, 0) is 12.7 Å². The molecule has 0 unspecified atom stereocenters. The number of hydrogen-bond donors (Lipinski definition) is 1. The second-order valence-corrected chi connectivity index (χ2v) is 5.30. The van der Waals surface area contributed by atoms with Gasteiger partial charge in [-0.2, -0.15) is 13.2 Å². The fraction of sp³-hybridized carbons (Fsp3) is 0.182. The zero-order valence-corrected chi connectivity index (χ0v) is 11.3. The molecule has 0 saturated heterocycles. The number of alkyl halides is 3. The smallest absolute Gasteiger partial charge is 0.346 e. The summed E-state index contributed by atoms with van der Waals surface area (Å²) in [4.78, 5) is 11.6. The van der Waals surface area contributed by atoms with Gasteiger partial charge >= 0.3 is 6.18 Å². The molecule has 0 radical (unpaired) electrons. The zero-order valence-electron chi connectivity index (χ0n) is 9.74. The van der Waals surface area contributed by atoms with Gasteiger partial charge < -0.3 is 5.32 Å². The summed E-state index contributed by atoms with van der Waals surface area (Å²) in [5.74, 6) is -0.535. The van der Waals surface area contributed by atoms with Crippen LogP contribution in [0.5, 0.6) is 0 Å². The van der Waals surface area contributed by atoms with Gasteiger partial charge in [-0.25, -0.2) is 0 Å². The van der Waals surface area contributed by atoms with E-state index >= 15 is 0 Å². The van der Waals surface area contributed by atoms with Gasteiger partial charge in [0, 0.05) is 6.54 Å². The van der Waals surface area contributed by atoms with E-state index in [0.29, 0.717) is 5.56 Å². The molecule has 1 aromatic heterocycles. The standard InChI is InChI=1S/C11H7ClF3N3OS/c12-10-18-17-9(20-10)8(19)16-5-6-2-1-3-7(4-6)11(13,14)15/h1-4H,5H2,(H,16,19). The molecule has 9 heteroatoms. The number of rotatable bonds is 3. The number of amides is 1. The highest BCUT2D eigenvalue weighted by Gasteiger charge is 2.30. The molecule has 1 N–H and O–H groups in total. The van der Waals surface area contributed by atoms with Crippen molar-refractivity contribution in [1.82, 2.24) is 15.5 Å². The Bertz CT molecular complexity index is 629. The predicted molar refractivity (Wildman–Crippen MR) is 67.5 cm³/mol. The minimum absolute atomic E-state index is 0.0417. The van der Waals surface area contributed by atoms with E-state index < -0.39 is 17.6 Å². The molecule has 2 rings (SSSR count). The van der Waals surface area contributed by atoms with Crippen LogP contribution in [0.25, 0.3) is 0 Å². The van der Waals surface area contributed by atoms with Crippen LogP contribution in [0.2, 0.25) is 4.47 Å². The number of carbonyl (C=O) groups is 1. The molecule has 0 aliphatic rings. The Labute approximate surface area is 120 Å². The number of aromatic nitrogens is 2. The van der Waals surface area contributed by atoms with Crippen LogP contribution in [0.4, 0.5) is 13.2 Å². The lowest BCUT2D eigenvalue weighted by molar-refractivity contribution is -0.137. The van der Waals surface area contributed by atoms with E-state index in [1.807, 2.05) is 0 Å². The largest absolute Gasteiger partial charge is 0.416 e. The summed E-state index contributed by atoms with van der Waals surface area (Å²) in [5.41, 5.74) is -0.424. The van der Waals surface area contributed by atoms with Crippen molar-refractivity contribution in [2.45, 2.75) is 12.7 Å². The molecular weight excluding hydrogens is 315 g/mol. The molecule has 0 aliphatic carbocycles. The van der Waals surface area contributed by atoms with Gasteiger partial charge in [-0.05, 0) is 29.3 Å². The molecule has 106 valence electrons. The molecule has 0 bridgehead atoms. The maximum atomic E-state index is 12.5. The van der Waals surface area contributed by atoms with Crippen molar-refractivity contribution >= 4 is 28.8 Å². The van der Waals surface area contributed by atoms with Gasteiger partial charge in [-0.1, -0.05) is 23.5 Å². The first-order valence-corrected chi connectivity index (χ1v) is 6.49. The van der Waals surface area contributed by atoms with Crippen LogP contribution in [0.3, 0.4) is 0 Å². The number of halogens is 4. The molecule has 1 amide bonds. The molecular formula is C11H7ClF3N3OS. The molecule has 0 saturated carbocycles. The molecule has 0 fully saturated rings. The summed E-state index contributed by atoms with van der Waals surface area (Å²) in [5, 5.41) is 9.50. The van der Waals surface area contributed by atoms with Crippen LogP contribution < -0.4 is 5.32 Å². The maximum Gasteiger partial charge on any atom is 0.416 e. The molecule has 20 heavy (non-hydrogen) atoms. The Morgan fingerprint density at radius 1 is 1.35 bits per heavy atom. The van der Waals surface area contributed by atoms with E-state index in [-0.39, 0.29) is 16.0 Å². The lowest BCUT2D eigenvalue weighted by Gasteiger charge is -2.09. The topological polar surface area (TPSA) is 54.9 Å². The monoisotopic (exact) mass is 321 g/mol. The minimum Gasteiger partial charge on any atom is -0.346 e. The summed E-state index contributed by atoms with van der Waals surface area (Å²) in [6, 6.07) is 4.72. The molecule has 0 aliphatic heterocycles. The highest BCUT2D eigenvalue weighted by Crippen LogP contribution is 2.29. The van der Waals surface area contributed by atoms with E-state index in [4.69, 9.17) is 11.6 Å². The van der Waals surface area contributed by atoms with Gasteiger partial charge in [-0.3, -0.25) is 4.79 Å². The van der Waals surface area contributed by atoms with Crippen molar-refractivity contribution in [3.8, 4) is 0 Å². The van der Waals surface area contributed by atoms with Gasteiger partial charge in [0.1, 0.15) is 0 Å². The van der Waals surface area contributed by atoms with Crippen molar-refractivity contribution < 1.29 is 18.0 Å². The average molecular weight is 322 g/mol. The fourth-order valence-electron chi connectivity index (χ4n) is 1.41. The van der Waals surface area contributed by atoms with E-state index in [1.165, 1.54) is 12.1 Å². The van der Waals surface area contributed by atoms with Crippen LogP contribution in [0.1, 0.15) is 20.9 Å². The van der Waals surface area contributed by atoms with E-state index in [1.54, 1.807) is 0 Å². The number of benzene rings is 1. The van der Waals surface area contributed by atoms with Gasteiger partial charge in [0.05, 0.1) is 5.56 Å². The van der Waals surface area contributed by atoms with Crippen LogP contribution in [0.15, 0.2) is 24.3 Å². The lowest BCUT2D eigenvalue weighted by Crippen LogP contribution is -2.22. The van der Waals surface area contributed by atoms with Crippen molar-refractivity contribution in [2.75, 3.05) is 0 Å². The van der Waals surface area contributed by atoms with Crippen molar-refractivity contribution in [2.24, 2.45) is 0 Å². The number of hydrogen-bond acceptors (Lipinski definition) is 4. The third-order valence-electron chi connectivity index (χ3n) is 2.30. The Balaban J connectivity index is 2.02. The second-order valence-electron chi connectivity index (χ2n) is 3.74. The summed E-state index contributed by atoms with van der Waals surface area (Å²) < 4.78 is 37.7. The van der Waals surface area contributed by atoms with Gasteiger partial charge in [0.25, 0.3) is 5.91 Å². The van der Waals surface area contributed by atoms with Crippen LogP contribution in [-0.4, -0.2) is 16.1 Å². The Morgan fingerprint density at radius 3 is 2.70 bits per heavy atom. The number of nitrogens with one attached hydrogen (secondary N) is 1. The predicted octanol–water partition coefficient (Wildman–Crippen LogP) is 3.14. The Kier molecular flexibility index (Phi) is 4.24. The lowest BCUT2D eigenvalue weighted by atomic mass is 10.1. The molecule has 4 nitrogen and oxygen atoms in total. The number of nitrogens with zero attached hydrogens (tertiary/aromatic N) is 2. The van der Waals surface area contributed by atoms with Crippen molar-refractivity contribution in [3.05, 3.63) is 44.9 Å². The number of carbonyl (C=O) groups excluding carboxylic acids is 1. The summed E-state index contributed by atoms with van der Waals surface area (Å²) >= 11 is 6.42. The SMILES string of the molecule is O=C(NCc1cccc(C(F)(F)F)c1)c1nnc(Cl)s1. The van der Waals surface area contributed by atoms with Crippen LogP contribution in [0, 0.1) is 0 Å². The van der Waals surface area contributed by atoms with Gasteiger partial charge in [0.2, 0.25) is 9.47 Å². The first-order valence-electron chi connectivity index (χ1n) is 5.29. The maximum absolute atomic E-state index is 12.5. The second kappa shape index (κ2) is 5.76. The van der Waals surface area contributed by atoms with Crippen LogP contribution >= 0.6 is 22.9 Å². The average Bonchev–Trinajstić information content (AvgIpc) is 2.82. The normalized spacial score (nSPS) is 11.4. The first kappa shape index (κ1) is 14.7. The summed E-state index contributed by atoms with van der Waals surface area (Å²) in [6.45, 7) is -0.0417. The molecule has 2 aromatic rings.